The van der Waals surface area contributed by atoms with Gasteiger partial charge in [0.15, 0.2) is 0 Å². The Kier molecular flexibility index (Phi) is 5.03. The Morgan fingerprint density at radius 1 is 0.600 bits per heavy atom. The topological polar surface area (TPSA) is 31.0 Å². The van der Waals surface area contributed by atoms with E-state index in [1.807, 2.05) is 6.07 Å². The van der Waals surface area contributed by atoms with Crippen LogP contribution in [0.15, 0.2) is 132 Å². The fraction of sp³-hybridized carbons (Fsp3) is 0.119. The van der Waals surface area contributed by atoms with Gasteiger partial charge in [0.05, 0.1) is 22.3 Å². The van der Waals surface area contributed by atoms with Crippen LogP contribution in [0.25, 0.3) is 50.0 Å². The highest BCUT2D eigenvalue weighted by atomic mass is 16.3. The molecule has 0 N–H and O–H groups in total. The summed E-state index contributed by atoms with van der Waals surface area (Å²) in [6.45, 7) is 4.56. The number of hydrogen-bond donors (Lipinski definition) is 0. The fourth-order valence-electron chi connectivity index (χ4n) is 8.33. The molecule has 0 unspecified atom stereocenters. The first-order valence-corrected chi connectivity index (χ1v) is 15.9. The van der Waals surface area contributed by atoms with Crippen molar-refractivity contribution < 1.29 is 4.42 Å². The summed E-state index contributed by atoms with van der Waals surface area (Å²) in [6.07, 6.45) is 0. The molecule has 214 valence electrons. The normalized spacial score (nSPS) is 16.4. The van der Waals surface area contributed by atoms with Gasteiger partial charge in [-0.25, -0.2) is 4.98 Å². The third-order valence-electron chi connectivity index (χ3n) is 10.2. The van der Waals surface area contributed by atoms with Crippen LogP contribution in [-0.2, 0) is 0 Å². The number of para-hydroxylation sites is 3. The number of furan rings is 1. The molecule has 0 saturated heterocycles. The average Bonchev–Trinajstić information content (AvgIpc) is 3.67. The number of fused-ring (bicyclic) bond motifs is 4. The molecule has 3 aliphatic rings. The first kappa shape index (κ1) is 25.0. The molecule has 2 bridgehead atoms. The smallest absolute Gasteiger partial charge is 0.149 e. The Labute approximate surface area is 261 Å². The zero-order chi connectivity index (χ0) is 29.8. The lowest BCUT2D eigenvalue weighted by Gasteiger charge is -2.42. The molecule has 6 aromatic carbocycles. The Hall–Kier alpha value is -5.41. The molecule has 8 aromatic rings. The number of hydrogen-bond acceptors (Lipinski definition) is 2. The molecule has 0 atom stereocenters. The van der Waals surface area contributed by atoms with E-state index in [0.29, 0.717) is 5.92 Å². The van der Waals surface area contributed by atoms with Crippen molar-refractivity contribution in [1.29, 1.82) is 0 Å². The second-order valence-electron chi connectivity index (χ2n) is 12.8. The standard InChI is InChI=1S/C42H30N2O/c1-24(2)25-12-7-9-20-35(25)44-40-34(43-42(44)33-19-11-18-31-26-13-8-10-21-36(26)45-41(31)33)23-22-32-37-27-14-3-5-16-29(27)38(39(32)40)30-17-6-4-15-28(30)37/h3-24,37-38H,1-2H3. The van der Waals surface area contributed by atoms with E-state index in [9.17, 15) is 0 Å². The van der Waals surface area contributed by atoms with E-state index in [0.717, 1.165) is 38.8 Å². The number of imidazole rings is 1. The van der Waals surface area contributed by atoms with Crippen molar-refractivity contribution in [3.05, 3.63) is 166 Å². The second kappa shape index (κ2) is 9.06. The lowest BCUT2D eigenvalue weighted by molar-refractivity contribution is 0.669. The number of aromatic nitrogens is 2. The van der Waals surface area contributed by atoms with Crippen molar-refractivity contribution in [1.82, 2.24) is 9.55 Å². The molecule has 3 heteroatoms. The highest BCUT2D eigenvalue weighted by Crippen LogP contribution is 2.57. The van der Waals surface area contributed by atoms with Crippen LogP contribution >= 0.6 is 0 Å². The summed E-state index contributed by atoms with van der Waals surface area (Å²) < 4.78 is 9.06. The van der Waals surface area contributed by atoms with Crippen LogP contribution in [0, 0.1) is 0 Å². The Morgan fingerprint density at radius 2 is 1.24 bits per heavy atom. The molecule has 0 aliphatic heterocycles. The average molecular weight is 579 g/mol. The Morgan fingerprint density at radius 3 is 2.00 bits per heavy atom. The van der Waals surface area contributed by atoms with Gasteiger partial charge in [-0.2, -0.15) is 0 Å². The minimum absolute atomic E-state index is 0.137. The van der Waals surface area contributed by atoms with E-state index < -0.39 is 0 Å². The van der Waals surface area contributed by atoms with Crippen molar-refractivity contribution in [3.63, 3.8) is 0 Å². The minimum atomic E-state index is 0.137. The van der Waals surface area contributed by atoms with Crippen LogP contribution in [-0.4, -0.2) is 9.55 Å². The van der Waals surface area contributed by atoms with Crippen molar-refractivity contribution in [2.45, 2.75) is 31.6 Å². The summed E-state index contributed by atoms with van der Waals surface area (Å²) in [4.78, 5) is 5.49. The van der Waals surface area contributed by atoms with Crippen molar-refractivity contribution >= 4 is 33.0 Å². The van der Waals surface area contributed by atoms with E-state index in [-0.39, 0.29) is 11.8 Å². The maximum atomic E-state index is 6.60. The largest absolute Gasteiger partial charge is 0.455 e. The lowest BCUT2D eigenvalue weighted by Crippen LogP contribution is -2.28. The van der Waals surface area contributed by atoms with Gasteiger partial charge in [-0.15, -0.1) is 0 Å². The van der Waals surface area contributed by atoms with Crippen LogP contribution in [0.4, 0.5) is 0 Å². The molecule has 0 spiro atoms. The highest BCUT2D eigenvalue weighted by Gasteiger charge is 2.43. The Balaban J connectivity index is 1.37. The van der Waals surface area contributed by atoms with Crippen LogP contribution < -0.4 is 0 Å². The van der Waals surface area contributed by atoms with Gasteiger partial charge in [-0.3, -0.25) is 4.57 Å². The van der Waals surface area contributed by atoms with E-state index >= 15 is 0 Å². The summed E-state index contributed by atoms with van der Waals surface area (Å²) in [5, 5.41) is 2.24. The van der Waals surface area contributed by atoms with Crippen molar-refractivity contribution in [2.24, 2.45) is 0 Å². The van der Waals surface area contributed by atoms with Gasteiger partial charge in [-0.1, -0.05) is 117 Å². The SMILES string of the molecule is CC(C)c1ccccc1-n1c(-c2cccc3c2oc2ccccc23)nc2ccc3c(c21)C1c2ccccc2C3c2ccccc21. The summed E-state index contributed by atoms with van der Waals surface area (Å²) in [7, 11) is 0. The van der Waals surface area contributed by atoms with Gasteiger partial charge in [0, 0.05) is 22.6 Å². The highest BCUT2D eigenvalue weighted by molar-refractivity contribution is 6.09. The van der Waals surface area contributed by atoms with Crippen LogP contribution in [0.5, 0.6) is 0 Å². The predicted molar refractivity (Wildman–Crippen MR) is 183 cm³/mol. The van der Waals surface area contributed by atoms with E-state index in [4.69, 9.17) is 9.40 Å². The zero-order valence-electron chi connectivity index (χ0n) is 25.2. The fourth-order valence-corrected chi connectivity index (χ4v) is 8.33. The van der Waals surface area contributed by atoms with Gasteiger partial charge in [0.25, 0.3) is 0 Å². The van der Waals surface area contributed by atoms with Gasteiger partial charge in [0.1, 0.15) is 17.0 Å². The molecule has 0 fully saturated rings. The van der Waals surface area contributed by atoms with Crippen molar-refractivity contribution in [2.75, 3.05) is 0 Å². The summed E-state index contributed by atoms with van der Waals surface area (Å²) in [5.74, 6) is 1.59. The molecule has 2 heterocycles. The van der Waals surface area contributed by atoms with Gasteiger partial charge in [0.2, 0.25) is 0 Å². The number of benzene rings is 6. The number of rotatable bonds is 3. The molecule has 0 radical (unpaired) electrons. The molecule has 0 amide bonds. The first-order valence-electron chi connectivity index (χ1n) is 15.9. The molecule has 3 nitrogen and oxygen atoms in total. The van der Waals surface area contributed by atoms with Crippen LogP contribution in [0.2, 0.25) is 0 Å². The molecular weight excluding hydrogens is 548 g/mol. The zero-order valence-corrected chi connectivity index (χ0v) is 25.2. The van der Waals surface area contributed by atoms with E-state index in [2.05, 4.69) is 140 Å². The van der Waals surface area contributed by atoms with Crippen LogP contribution in [0.3, 0.4) is 0 Å². The molecule has 45 heavy (non-hydrogen) atoms. The lowest BCUT2D eigenvalue weighted by atomic mass is 9.61. The van der Waals surface area contributed by atoms with Gasteiger partial charge < -0.3 is 4.42 Å². The van der Waals surface area contributed by atoms with Gasteiger partial charge >= 0.3 is 0 Å². The van der Waals surface area contributed by atoms with Gasteiger partial charge in [-0.05, 0) is 69.1 Å². The molecule has 2 aromatic heterocycles. The monoisotopic (exact) mass is 578 g/mol. The second-order valence-corrected chi connectivity index (χ2v) is 12.8. The summed E-state index contributed by atoms with van der Waals surface area (Å²) >= 11 is 0. The van der Waals surface area contributed by atoms with Crippen LogP contribution in [0.1, 0.15) is 70.5 Å². The summed E-state index contributed by atoms with van der Waals surface area (Å²) in [5.41, 5.74) is 15.9. The maximum Gasteiger partial charge on any atom is 0.149 e. The summed E-state index contributed by atoms with van der Waals surface area (Å²) in [6, 6.07) is 46.3. The van der Waals surface area contributed by atoms with Crippen molar-refractivity contribution in [3.8, 4) is 17.1 Å². The quantitative estimate of drug-likeness (QED) is 0.209. The predicted octanol–water partition coefficient (Wildman–Crippen LogP) is 10.7. The maximum absolute atomic E-state index is 6.60. The molecular formula is C42H30N2O. The molecule has 0 saturated carbocycles. The van der Waals surface area contributed by atoms with E-state index in [1.54, 1.807) is 0 Å². The third-order valence-corrected chi connectivity index (χ3v) is 10.2. The molecule has 3 aliphatic carbocycles. The molecule has 11 rings (SSSR count). The minimum Gasteiger partial charge on any atom is -0.455 e. The first-order chi connectivity index (χ1) is 22.2. The Bertz CT molecular complexity index is 2450. The van der Waals surface area contributed by atoms with E-state index in [1.165, 1.54) is 50.1 Å². The number of nitrogens with zero attached hydrogens (tertiary/aromatic N) is 2. The third kappa shape index (κ3) is 3.28.